The molecule has 2 aromatic carbocycles. The summed E-state index contributed by atoms with van der Waals surface area (Å²) in [5.41, 5.74) is 1.83. The third-order valence-corrected chi connectivity index (χ3v) is 7.35. The van der Waals surface area contributed by atoms with E-state index in [1.165, 1.54) is 44.2 Å². The van der Waals surface area contributed by atoms with Gasteiger partial charge in [-0.15, -0.1) is 0 Å². The van der Waals surface area contributed by atoms with Gasteiger partial charge in [-0.25, -0.2) is 13.1 Å². The number of rotatable bonds is 9. The Morgan fingerprint density at radius 3 is 2.58 bits per heavy atom. The average molecular weight is 464 g/mol. The number of benzene rings is 2. The highest BCUT2D eigenvalue weighted by molar-refractivity contribution is 7.89. The average Bonchev–Trinajstić information content (AvgIpc) is 2.75. The molecule has 0 saturated heterocycles. The van der Waals surface area contributed by atoms with Crippen LogP contribution in [0.1, 0.15) is 44.1 Å². The van der Waals surface area contributed by atoms with E-state index in [1.807, 2.05) is 24.3 Å². The van der Waals surface area contributed by atoms with E-state index in [9.17, 15) is 13.2 Å². The van der Waals surface area contributed by atoms with Crippen molar-refractivity contribution in [2.24, 2.45) is 0 Å². The molecule has 0 spiro atoms. The zero-order valence-electron chi connectivity index (χ0n) is 17.8. The molecule has 1 aliphatic rings. The Morgan fingerprint density at radius 2 is 1.84 bits per heavy atom. The van der Waals surface area contributed by atoms with E-state index in [1.54, 1.807) is 12.1 Å². The Bertz CT molecular complexity index is 991. The van der Waals surface area contributed by atoms with E-state index in [4.69, 9.17) is 11.6 Å². The van der Waals surface area contributed by atoms with E-state index < -0.39 is 10.0 Å². The lowest BCUT2D eigenvalue weighted by atomic mass is 9.94. The first-order chi connectivity index (χ1) is 14.8. The first kappa shape index (κ1) is 23.7. The van der Waals surface area contributed by atoms with Crippen LogP contribution >= 0.6 is 11.6 Å². The second-order valence-electron chi connectivity index (χ2n) is 8.02. The quantitative estimate of drug-likeness (QED) is 0.577. The number of anilines is 1. The van der Waals surface area contributed by atoms with Crippen LogP contribution in [0.4, 0.5) is 5.69 Å². The Hall–Kier alpha value is -1.93. The fraction of sp³-hybridized carbons (Fsp3) is 0.435. The molecule has 0 radical (unpaired) electrons. The molecule has 0 aliphatic heterocycles. The fourth-order valence-electron chi connectivity index (χ4n) is 3.93. The minimum absolute atomic E-state index is 0.00479. The highest BCUT2D eigenvalue weighted by atomic mass is 35.5. The first-order valence-electron chi connectivity index (χ1n) is 10.7. The van der Waals surface area contributed by atoms with Gasteiger partial charge in [-0.2, -0.15) is 0 Å². The highest BCUT2D eigenvalue weighted by Gasteiger charge is 2.19. The third kappa shape index (κ3) is 7.04. The molecule has 0 unspecified atom stereocenters. The standard InChI is InChI=1S/C23H30ClN3O3S/c1-27(20-10-3-2-4-11-20)17-18-8-5-6-13-22(18)26-23(28)14-15-25-31(29,30)21-12-7-9-19(24)16-21/h5-9,12-13,16,20,25H,2-4,10-11,14-15,17H2,1H3,(H,26,28). The van der Waals surface area contributed by atoms with Crippen molar-refractivity contribution in [2.45, 2.75) is 56.0 Å². The van der Waals surface area contributed by atoms with Gasteiger partial charge in [0.25, 0.3) is 0 Å². The van der Waals surface area contributed by atoms with Crippen LogP contribution in [0, 0.1) is 0 Å². The number of sulfonamides is 1. The second-order valence-corrected chi connectivity index (χ2v) is 10.2. The molecule has 0 atom stereocenters. The summed E-state index contributed by atoms with van der Waals surface area (Å²) in [7, 11) is -1.57. The molecular weight excluding hydrogens is 434 g/mol. The predicted octanol–water partition coefficient (Wildman–Crippen LogP) is 4.41. The van der Waals surface area contributed by atoms with E-state index >= 15 is 0 Å². The van der Waals surface area contributed by atoms with Crippen molar-refractivity contribution in [3.05, 3.63) is 59.1 Å². The molecule has 1 fully saturated rings. The Labute approximate surface area is 190 Å². The number of hydrogen-bond acceptors (Lipinski definition) is 4. The number of para-hydroxylation sites is 1. The van der Waals surface area contributed by atoms with E-state index in [2.05, 4.69) is 22.0 Å². The van der Waals surface area contributed by atoms with E-state index in [0.717, 1.165) is 17.8 Å². The normalized spacial score (nSPS) is 15.2. The molecule has 3 rings (SSSR count). The molecule has 0 heterocycles. The summed E-state index contributed by atoms with van der Waals surface area (Å²) in [5, 5.41) is 3.28. The SMILES string of the molecule is CN(Cc1ccccc1NC(=O)CCNS(=O)(=O)c1cccc(Cl)c1)C1CCCCC1. The molecule has 31 heavy (non-hydrogen) atoms. The summed E-state index contributed by atoms with van der Waals surface area (Å²) in [6, 6.07) is 14.4. The van der Waals surface area contributed by atoms with Gasteiger partial charge < -0.3 is 5.32 Å². The minimum Gasteiger partial charge on any atom is -0.326 e. The summed E-state index contributed by atoms with van der Waals surface area (Å²) in [6.07, 6.45) is 6.34. The van der Waals surface area contributed by atoms with Crippen LogP contribution in [0.15, 0.2) is 53.4 Å². The Balaban J connectivity index is 1.53. The van der Waals surface area contributed by atoms with Gasteiger partial charge in [0, 0.05) is 36.3 Å². The van der Waals surface area contributed by atoms with Crippen molar-refractivity contribution in [1.29, 1.82) is 0 Å². The molecular formula is C23H30ClN3O3S. The van der Waals surface area contributed by atoms with Gasteiger partial charge in [-0.05, 0) is 49.7 Å². The maximum atomic E-state index is 12.4. The summed E-state index contributed by atoms with van der Waals surface area (Å²) >= 11 is 5.87. The molecule has 0 aromatic heterocycles. The van der Waals surface area contributed by atoms with Crippen molar-refractivity contribution in [1.82, 2.24) is 9.62 Å². The van der Waals surface area contributed by atoms with Crippen LogP contribution in [-0.2, 0) is 21.4 Å². The molecule has 0 bridgehead atoms. The third-order valence-electron chi connectivity index (χ3n) is 5.66. The number of nitrogens with zero attached hydrogens (tertiary/aromatic N) is 1. The second kappa shape index (κ2) is 11.1. The molecule has 6 nitrogen and oxygen atoms in total. The zero-order chi connectivity index (χ0) is 22.3. The van der Waals surface area contributed by atoms with Crippen LogP contribution in [0.2, 0.25) is 5.02 Å². The van der Waals surface area contributed by atoms with E-state index in [-0.39, 0.29) is 23.8 Å². The van der Waals surface area contributed by atoms with Gasteiger partial charge in [0.05, 0.1) is 4.90 Å². The van der Waals surface area contributed by atoms with Crippen LogP contribution in [0.25, 0.3) is 0 Å². The summed E-state index contributed by atoms with van der Waals surface area (Å²) in [5.74, 6) is -0.235. The highest BCUT2D eigenvalue weighted by Crippen LogP contribution is 2.25. The van der Waals surface area contributed by atoms with Crippen LogP contribution in [0.5, 0.6) is 0 Å². The van der Waals surface area contributed by atoms with Crippen molar-refractivity contribution in [3.63, 3.8) is 0 Å². The Morgan fingerprint density at radius 1 is 1.10 bits per heavy atom. The topological polar surface area (TPSA) is 78.5 Å². The van der Waals surface area contributed by atoms with Crippen LogP contribution < -0.4 is 10.0 Å². The summed E-state index contributed by atoms with van der Waals surface area (Å²) in [4.78, 5) is 14.9. The molecule has 2 aromatic rings. The number of hydrogen-bond donors (Lipinski definition) is 2. The van der Waals surface area contributed by atoms with Crippen molar-refractivity contribution in [3.8, 4) is 0 Å². The maximum absolute atomic E-state index is 12.4. The van der Waals surface area contributed by atoms with Crippen molar-refractivity contribution < 1.29 is 13.2 Å². The molecule has 8 heteroatoms. The lowest BCUT2D eigenvalue weighted by molar-refractivity contribution is -0.116. The fourth-order valence-corrected chi connectivity index (χ4v) is 5.26. The summed E-state index contributed by atoms with van der Waals surface area (Å²) in [6.45, 7) is 0.771. The van der Waals surface area contributed by atoms with Crippen LogP contribution in [0.3, 0.4) is 0 Å². The lowest BCUT2D eigenvalue weighted by Crippen LogP contribution is -2.33. The number of halogens is 1. The smallest absolute Gasteiger partial charge is 0.240 e. The predicted molar refractivity (Wildman–Crippen MR) is 125 cm³/mol. The lowest BCUT2D eigenvalue weighted by Gasteiger charge is -2.31. The zero-order valence-corrected chi connectivity index (χ0v) is 19.4. The molecule has 1 amide bonds. The minimum atomic E-state index is -3.71. The molecule has 2 N–H and O–H groups in total. The monoisotopic (exact) mass is 463 g/mol. The first-order valence-corrected chi connectivity index (χ1v) is 12.5. The van der Waals surface area contributed by atoms with Gasteiger partial charge >= 0.3 is 0 Å². The Kier molecular flexibility index (Phi) is 8.49. The maximum Gasteiger partial charge on any atom is 0.240 e. The number of nitrogens with one attached hydrogen (secondary N) is 2. The van der Waals surface area contributed by atoms with Gasteiger partial charge in [-0.1, -0.05) is 55.1 Å². The molecule has 1 aliphatic carbocycles. The van der Waals surface area contributed by atoms with Gasteiger partial charge in [-0.3, -0.25) is 9.69 Å². The largest absolute Gasteiger partial charge is 0.326 e. The molecule has 168 valence electrons. The van der Waals surface area contributed by atoms with Crippen LogP contribution in [-0.4, -0.2) is 38.9 Å². The van der Waals surface area contributed by atoms with Crippen molar-refractivity contribution in [2.75, 3.05) is 18.9 Å². The van der Waals surface area contributed by atoms with Gasteiger partial charge in [0.1, 0.15) is 0 Å². The van der Waals surface area contributed by atoms with Gasteiger partial charge in [0.2, 0.25) is 15.9 Å². The van der Waals surface area contributed by atoms with Crippen molar-refractivity contribution >= 4 is 33.2 Å². The van der Waals surface area contributed by atoms with Gasteiger partial charge in [0.15, 0.2) is 0 Å². The summed E-state index contributed by atoms with van der Waals surface area (Å²) < 4.78 is 27.1. The van der Waals surface area contributed by atoms with E-state index in [0.29, 0.717) is 11.1 Å². The number of carbonyl (C=O) groups is 1. The molecule has 1 saturated carbocycles. The number of carbonyl (C=O) groups excluding carboxylic acids is 1. The number of amides is 1.